The van der Waals surface area contributed by atoms with Crippen molar-refractivity contribution in [1.29, 1.82) is 0 Å². The molecule has 0 fully saturated rings. The fourth-order valence-corrected chi connectivity index (χ4v) is 2.95. The smallest absolute Gasteiger partial charge is 0.304 e. The molecule has 0 radical (unpaired) electrons. The standard InChI is InChI=1S/C17H12F5NO4S/c1-26-10-4-3-8(5-11(10)27-2)7-28-12(23(24)25)6-9-13(18)15(20)17(22)16(21)14(9)19/h3-6H,7H2,1-2H3. The first-order chi connectivity index (χ1) is 13.2. The van der Waals surface area contributed by atoms with Gasteiger partial charge in [-0.25, -0.2) is 22.0 Å². The first-order valence-corrected chi connectivity index (χ1v) is 8.41. The van der Waals surface area contributed by atoms with Crippen molar-refractivity contribution in [2.45, 2.75) is 5.75 Å². The zero-order valence-corrected chi connectivity index (χ0v) is 15.2. The SMILES string of the molecule is COc1ccc(CSC(=Cc2c(F)c(F)c(F)c(F)c2F)[N+](=O)[O-])cc1OC. The summed E-state index contributed by atoms with van der Waals surface area (Å²) in [6.07, 6.45) is 0.307. The van der Waals surface area contributed by atoms with Crippen molar-refractivity contribution in [2.24, 2.45) is 0 Å². The van der Waals surface area contributed by atoms with E-state index in [0.29, 0.717) is 34.9 Å². The van der Waals surface area contributed by atoms with E-state index in [9.17, 15) is 32.1 Å². The van der Waals surface area contributed by atoms with Gasteiger partial charge in [0.1, 0.15) is 0 Å². The van der Waals surface area contributed by atoms with E-state index in [2.05, 4.69) is 0 Å². The lowest BCUT2D eigenvalue weighted by Crippen LogP contribution is -2.05. The normalized spacial score (nSPS) is 11.5. The van der Waals surface area contributed by atoms with Gasteiger partial charge >= 0.3 is 5.03 Å². The number of hydrogen-bond donors (Lipinski definition) is 0. The first kappa shape index (κ1) is 21.5. The Balaban J connectivity index is 2.37. The monoisotopic (exact) mass is 421 g/mol. The van der Waals surface area contributed by atoms with Crippen molar-refractivity contribution in [1.82, 2.24) is 0 Å². The van der Waals surface area contributed by atoms with E-state index < -0.39 is 44.6 Å². The van der Waals surface area contributed by atoms with E-state index in [0.717, 1.165) is 0 Å². The zero-order valence-electron chi connectivity index (χ0n) is 14.4. The van der Waals surface area contributed by atoms with Gasteiger partial charge in [-0.2, -0.15) is 0 Å². The van der Waals surface area contributed by atoms with Crippen LogP contribution < -0.4 is 9.47 Å². The van der Waals surface area contributed by atoms with Crippen molar-refractivity contribution >= 4 is 17.8 Å². The highest BCUT2D eigenvalue weighted by atomic mass is 32.2. The largest absolute Gasteiger partial charge is 0.493 e. The molecule has 150 valence electrons. The van der Waals surface area contributed by atoms with Crippen LogP contribution >= 0.6 is 11.8 Å². The molecule has 2 aromatic rings. The highest BCUT2D eigenvalue weighted by molar-refractivity contribution is 8.02. The molecule has 2 aromatic carbocycles. The summed E-state index contributed by atoms with van der Waals surface area (Å²) in [5, 5.41) is 10.4. The molecule has 0 unspecified atom stereocenters. The second-order valence-electron chi connectivity index (χ2n) is 5.20. The molecule has 0 aliphatic heterocycles. The minimum Gasteiger partial charge on any atom is -0.493 e. The Morgan fingerprint density at radius 2 is 1.54 bits per heavy atom. The minimum absolute atomic E-state index is 0.0391. The van der Waals surface area contributed by atoms with Crippen LogP contribution in [-0.2, 0) is 5.75 Å². The van der Waals surface area contributed by atoms with Gasteiger partial charge in [0, 0.05) is 11.8 Å². The van der Waals surface area contributed by atoms with E-state index in [4.69, 9.17) is 9.47 Å². The van der Waals surface area contributed by atoms with Gasteiger partial charge in [0.15, 0.2) is 34.8 Å². The number of rotatable bonds is 7. The van der Waals surface area contributed by atoms with Crippen molar-refractivity contribution < 1.29 is 36.3 Å². The number of nitro groups is 1. The maximum absolute atomic E-state index is 13.7. The predicted molar refractivity (Wildman–Crippen MR) is 92.0 cm³/mol. The van der Waals surface area contributed by atoms with E-state index >= 15 is 0 Å². The Bertz CT molecular complexity index is 923. The Morgan fingerprint density at radius 1 is 1.00 bits per heavy atom. The van der Waals surface area contributed by atoms with Crippen molar-refractivity contribution in [2.75, 3.05) is 14.2 Å². The maximum Gasteiger partial charge on any atom is 0.304 e. The van der Waals surface area contributed by atoms with Gasteiger partial charge in [-0.1, -0.05) is 6.07 Å². The van der Waals surface area contributed by atoms with E-state index in [1.807, 2.05) is 0 Å². The summed E-state index contributed by atoms with van der Waals surface area (Å²) in [6, 6.07) is 4.65. The van der Waals surface area contributed by atoms with Gasteiger partial charge in [0.25, 0.3) is 0 Å². The van der Waals surface area contributed by atoms with Crippen LogP contribution in [0.3, 0.4) is 0 Å². The fourth-order valence-electron chi connectivity index (χ4n) is 2.15. The summed E-state index contributed by atoms with van der Waals surface area (Å²) in [7, 11) is 2.81. The van der Waals surface area contributed by atoms with Crippen LogP contribution in [0, 0.1) is 39.2 Å². The molecule has 2 rings (SSSR count). The molecule has 0 bridgehead atoms. The molecule has 0 amide bonds. The third-order valence-corrected chi connectivity index (χ3v) is 4.57. The molecule has 0 atom stereocenters. The van der Waals surface area contributed by atoms with Crippen LogP contribution in [0.25, 0.3) is 6.08 Å². The second kappa shape index (κ2) is 8.91. The number of hydrogen-bond acceptors (Lipinski definition) is 5. The van der Waals surface area contributed by atoms with E-state index in [1.54, 1.807) is 12.1 Å². The summed E-state index contributed by atoms with van der Waals surface area (Å²) in [6.45, 7) is 0. The fraction of sp³-hybridized carbons (Fsp3) is 0.176. The number of thioether (sulfide) groups is 1. The highest BCUT2D eigenvalue weighted by Crippen LogP contribution is 2.32. The lowest BCUT2D eigenvalue weighted by atomic mass is 10.1. The van der Waals surface area contributed by atoms with E-state index in [-0.39, 0.29) is 5.75 Å². The first-order valence-electron chi connectivity index (χ1n) is 7.42. The number of methoxy groups -OCH3 is 2. The van der Waals surface area contributed by atoms with Crippen LogP contribution in [0.4, 0.5) is 22.0 Å². The lowest BCUT2D eigenvalue weighted by molar-refractivity contribution is -0.408. The average Bonchev–Trinajstić information content (AvgIpc) is 2.69. The van der Waals surface area contributed by atoms with Crippen molar-refractivity contribution in [3.05, 3.63) is 73.6 Å². The van der Waals surface area contributed by atoms with E-state index in [1.165, 1.54) is 20.3 Å². The Kier molecular flexibility index (Phi) is 6.84. The van der Waals surface area contributed by atoms with Crippen molar-refractivity contribution in [3.8, 4) is 11.5 Å². The van der Waals surface area contributed by atoms with Gasteiger partial charge in [-0.3, -0.25) is 10.1 Å². The number of nitrogens with zero attached hydrogens (tertiary/aromatic N) is 1. The van der Waals surface area contributed by atoms with Crippen LogP contribution in [0.1, 0.15) is 11.1 Å². The summed E-state index contributed by atoms with van der Waals surface area (Å²) >= 11 is 0.537. The third-order valence-electron chi connectivity index (χ3n) is 3.53. The van der Waals surface area contributed by atoms with Crippen LogP contribution in [0.15, 0.2) is 23.2 Å². The highest BCUT2D eigenvalue weighted by Gasteiger charge is 2.26. The van der Waals surface area contributed by atoms with Crippen LogP contribution in [-0.4, -0.2) is 19.1 Å². The molecule has 0 saturated carbocycles. The van der Waals surface area contributed by atoms with Gasteiger partial charge < -0.3 is 9.47 Å². The molecular formula is C17H12F5NO4S. The zero-order chi connectivity index (χ0) is 21.0. The van der Waals surface area contributed by atoms with Gasteiger partial charge in [0.2, 0.25) is 5.82 Å². The summed E-state index contributed by atoms with van der Waals surface area (Å²) in [5.41, 5.74) is -0.851. The number of halogens is 5. The van der Waals surface area contributed by atoms with Gasteiger partial charge in [0.05, 0.1) is 24.7 Å². The summed E-state index contributed by atoms with van der Waals surface area (Å²) in [4.78, 5) is 10.2. The molecule has 0 aliphatic carbocycles. The molecule has 0 spiro atoms. The van der Waals surface area contributed by atoms with Crippen LogP contribution in [0.2, 0.25) is 0 Å². The molecule has 11 heteroatoms. The molecule has 0 aromatic heterocycles. The second-order valence-corrected chi connectivity index (χ2v) is 6.20. The van der Waals surface area contributed by atoms with Gasteiger partial charge in [-0.05, 0) is 29.5 Å². The minimum atomic E-state index is -2.34. The van der Waals surface area contributed by atoms with Gasteiger partial charge in [-0.15, -0.1) is 0 Å². The Morgan fingerprint density at radius 3 is 2.04 bits per heavy atom. The Hall–Kier alpha value is -2.82. The topological polar surface area (TPSA) is 61.6 Å². The Labute approximate surface area is 159 Å². The molecule has 0 N–H and O–H groups in total. The molecule has 0 heterocycles. The molecule has 0 saturated heterocycles. The summed E-state index contributed by atoms with van der Waals surface area (Å²) in [5.74, 6) is -10.3. The number of ether oxygens (including phenoxy) is 2. The lowest BCUT2D eigenvalue weighted by Gasteiger charge is -2.09. The summed E-state index contributed by atoms with van der Waals surface area (Å²) < 4.78 is 77.3. The predicted octanol–water partition coefficient (Wildman–Crippen LogP) is 4.91. The molecular weight excluding hydrogens is 409 g/mol. The third kappa shape index (κ3) is 4.35. The molecule has 0 aliphatic rings. The molecule has 28 heavy (non-hydrogen) atoms. The number of benzene rings is 2. The maximum atomic E-state index is 13.7. The van der Waals surface area contributed by atoms with Crippen LogP contribution in [0.5, 0.6) is 11.5 Å². The average molecular weight is 421 g/mol. The quantitative estimate of drug-likeness (QED) is 0.209. The molecule has 5 nitrogen and oxygen atoms in total. The van der Waals surface area contributed by atoms with Crippen molar-refractivity contribution in [3.63, 3.8) is 0 Å².